The summed E-state index contributed by atoms with van der Waals surface area (Å²) in [6.45, 7) is 5.75. The number of benzene rings is 2. The lowest BCUT2D eigenvalue weighted by Gasteiger charge is -2.18. The van der Waals surface area contributed by atoms with Crippen LogP contribution in [-0.2, 0) is 11.2 Å². The molecule has 1 atom stereocenters. The Morgan fingerprint density at radius 2 is 1.35 bits per heavy atom. The molecule has 0 aliphatic heterocycles. The quantitative estimate of drug-likeness (QED) is 0.0906. The molecule has 1 unspecified atom stereocenters. The highest BCUT2D eigenvalue weighted by atomic mass is 19.1. The second-order valence-corrected chi connectivity index (χ2v) is 11.2. The van der Waals surface area contributed by atoms with Crippen molar-refractivity contribution in [3.8, 4) is 28.1 Å². The fourth-order valence-electron chi connectivity index (χ4n) is 5.05. The summed E-state index contributed by atoms with van der Waals surface area (Å²) in [5.41, 5.74) is 3.31. The van der Waals surface area contributed by atoms with Crippen LogP contribution < -0.4 is 4.74 Å². The van der Waals surface area contributed by atoms with Gasteiger partial charge in [0.15, 0.2) is 0 Å². The first-order chi connectivity index (χ1) is 19.4. The van der Waals surface area contributed by atoms with E-state index in [1.54, 1.807) is 12.1 Å². The standard InChI is InChI=1S/C36H48FNO2/c1-4-6-8-10-12-14-18-29-21-26-34(38-28-29)33-20-16-15-19-32(33)30-22-24-31(25-23-30)40-35(39)36(3,37)27-17-13-11-9-7-5-2/h15-16,19-26,28H,4-14,17-18,27H2,1-3H3. The van der Waals surface area contributed by atoms with E-state index in [1.807, 2.05) is 30.5 Å². The van der Waals surface area contributed by atoms with Gasteiger partial charge in [0, 0.05) is 11.8 Å². The van der Waals surface area contributed by atoms with Gasteiger partial charge >= 0.3 is 5.97 Å². The maximum absolute atomic E-state index is 15.0. The van der Waals surface area contributed by atoms with Crippen LogP contribution in [0.25, 0.3) is 22.4 Å². The van der Waals surface area contributed by atoms with Gasteiger partial charge in [-0.1, -0.05) is 121 Å². The van der Waals surface area contributed by atoms with Crippen molar-refractivity contribution in [3.63, 3.8) is 0 Å². The Morgan fingerprint density at radius 1 is 0.750 bits per heavy atom. The number of unbranched alkanes of at least 4 members (excludes halogenated alkanes) is 10. The van der Waals surface area contributed by atoms with Gasteiger partial charge in [-0.25, -0.2) is 9.18 Å². The van der Waals surface area contributed by atoms with E-state index in [0.29, 0.717) is 12.2 Å². The monoisotopic (exact) mass is 545 g/mol. The number of ether oxygens (including phenoxy) is 1. The van der Waals surface area contributed by atoms with E-state index >= 15 is 4.39 Å². The van der Waals surface area contributed by atoms with Gasteiger partial charge in [-0.2, -0.15) is 0 Å². The number of aromatic nitrogens is 1. The first-order valence-electron chi connectivity index (χ1n) is 15.5. The number of esters is 1. The highest BCUT2D eigenvalue weighted by molar-refractivity contribution is 5.83. The molecule has 40 heavy (non-hydrogen) atoms. The Hall–Kier alpha value is -3.01. The zero-order valence-corrected chi connectivity index (χ0v) is 24.9. The smallest absolute Gasteiger partial charge is 0.348 e. The summed E-state index contributed by atoms with van der Waals surface area (Å²) in [5.74, 6) is -0.463. The highest BCUT2D eigenvalue weighted by Crippen LogP contribution is 2.32. The average Bonchev–Trinajstić information content (AvgIpc) is 2.97. The number of carbonyl (C=O) groups is 1. The fourth-order valence-corrected chi connectivity index (χ4v) is 5.05. The molecule has 0 spiro atoms. The zero-order chi connectivity index (χ0) is 28.6. The molecule has 0 radical (unpaired) electrons. The van der Waals surface area contributed by atoms with Crippen molar-refractivity contribution >= 4 is 5.97 Å². The van der Waals surface area contributed by atoms with Crippen LogP contribution in [0.3, 0.4) is 0 Å². The molecule has 0 aliphatic rings. The van der Waals surface area contributed by atoms with E-state index in [1.165, 1.54) is 70.3 Å². The molecule has 0 saturated heterocycles. The maximum Gasteiger partial charge on any atom is 0.348 e. The van der Waals surface area contributed by atoms with Crippen LogP contribution in [0.5, 0.6) is 5.75 Å². The molecule has 3 rings (SSSR count). The SMILES string of the molecule is CCCCCCCCc1ccc(-c2ccccc2-c2ccc(OC(=O)C(C)(F)CCCCCCCC)cc2)nc1. The van der Waals surface area contributed by atoms with Crippen LogP contribution in [0.4, 0.5) is 4.39 Å². The van der Waals surface area contributed by atoms with Crippen LogP contribution >= 0.6 is 0 Å². The second-order valence-electron chi connectivity index (χ2n) is 11.2. The summed E-state index contributed by atoms with van der Waals surface area (Å²) in [5, 5.41) is 0. The summed E-state index contributed by atoms with van der Waals surface area (Å²) in [7, 11) is 0. The number of aryl methyl sites for hydroxylation is 1. The van der Waals surface area contributed by atoms with E-state index in [9.17, 15) is 4.79 Å². The van der Waals surface area contributed by atoms with E-state index in [4.69, 9.17) is 9.72 Å². The number of carbonyl (C=O) groups excluding carboxylic acids is 1. The van der Waals surface area contributed by atoms with E-state index in [2.05, 4.69) is 38.1 Å². The van der Waals surface area contributed by atoms with E-state index in [-0.39, 0.29) is 6.42 Å². The van der Waals surface area contributed by atoms with Gasteiger partial charge in [0.2, 0.25) is 5.67 Å². The number of hydrogen-bond donors (Lipinski definition) is 0. The third-order valence-electron chi connectivity index (χ3n) is 7.65. The van der Waals surface area contributed by atoms with Crippen LogP contribution in [0, 0.1) is 0 Å². The molecule has 3 aromatic rings. The normalized spacial score (nSPS) is 12.7. The van der Waals surface area contributed by atoms with Crippen LogP contribution in [0.2, 0.25) is 0 Å². The van der Waals surface area contributed by atoms with Gasteiger partial charge < -0.3 is 4.74 Å². The van der Waals surface area contributed by atoms with Crippen molar-refractivity contribution in [3.05, 3.63) is 72.4 Å². The van der Waals surface area contributed by atoms with Gasteiger partial charge in [0.1, 0.15) is 5.75 Å². The number of alkyl halides is 1. The van der Waals surface area contributed by atoms with Gasteiger partial charge in [0.25, 0.3) is 0 Å². The number of pyridine rings is 1. The third-order valence-corrected chi connectivity index (χ3v) is 7.65. The molecule has 1 heterocycles. The highest BCUT2D eigenvalue weighted by Gasteiger charge is 2.34. The number of halogens is 1. The lowest BCUT2D eigenvalue weighted by molar-refractivity contribution is -0.147. The summed E-state index contributed by atoms with van der Waals surface area (Å²) >= 11 is 0. The topological polar surface area (TPSA) is 39.2 Å². The molecule has 0 bridgehead atoms. The molecular weight excluding hydrogens is 497 g/mol. The zero-order valence-electron chi connectivity index (χ0n) is 24.9. The fraction of sp³-hybridized carbons (Fsp3) is 0.500. The molecule has 3 nitrogen and oxygen atoms in total. The van der Waals surface area contributed by atoms with Gasteiger partial charge in [-0.05, 0) is 67.5 Å². The molecule has 4 heteroatoms. The second kappa shape index (κ2) is 16.9. The Bertz CT molecular complexity index is 1140. The van der Waals surface area contributed by atoms with E-state index < -0.39 is 11.6 Å². The van der Waals surface area contributed by atoms with Crippen molar-refractivity contribution in [2.24, 2.45) is 0 Å². The molecule has 0 aliphatic carbocycles. The first-order valence-corrected chi connectivity index (χ1v) is 15.5. The minimum absolute atomic E-state index is 0.189. The Labute approximate surface area is 241 Å². The summed E-state index contributed by atoms with van der Waals surface area (Å²) < 4.78 is 20.4. The number of rotatable bonds is 18. The molecule has 0 saturated carbocycles. The lowest BCUT2D eigenvalue weighted by atomic mass is 9.96. The van der Waals surface area contributed by atoms with E-state index in [0.717, 1.165) is 41.6 Å². The Morgan fingerprint density at radius 3 is 1.98 bits per heavy atom. The third kappa shape index (κ3) is 10.2. The predicted molar refractivity (Wildman–Crippen MR) is 165 cm³/mol. The maximum atomic E-state index is 15.0. The molecule has 0 amide bonds. The average molecular weight is 546 g/mol. The van der Waals surface area contributed by atoms with Crippen LogP contribution in [0.1, 0.15) is 110 Å². The Kier molecular flexibility index (Phi) is 13.4. The van der Waals surface area contributed by atoms with Gasteiger partial charge in [0.05, 0.1) is 5.69 Å². The van der Waals surface area contributed by atoms with Crippen molar-refractivity contribution in [2.75, 3.05) is 0 Å². The molecule has 0 fully saturated rings. The van der Waals surface area contributed by atoms with Crippen LogP contribution in [0.15, 0.2) is 66.9 Å². The predicted octanol–water partition coefficient (Wildman–Crippen LogP) is 10.7. The summed E-state index contributed by atoms with van der Waals surface area (Å²) in [6, 6.07) is 19.8. The van der Waals surface area contributed by atoms with Crippen molar-refractivity contribution < 1.29 is 13.9 Å². The minimum atomic E-state index is -1.98. The first kappa shape index (κ1) is 31.5. The molecule has 2 aromatic carbocycles. The van der Waals surface area contributed by atoms with Crippen molar-refractivity contribution in [2.45, 2.75) is 116 Å². The molecular formula is C36H48FNO2. The minimum Gasteiger partial charge on any atom is -0.424 e. The molecule has 0 N–H and O–H groups in total. The van der Waals surface area contributed by atoms with Gasteiger partial charge in [-0.3, -0.25) is 4.98 Å². The van der Waals surface area contributed by atoms with Gasteiger partial charge in [-0.15, -0.1) is 0 Å². The molecule has 1 aromatic heterocycles. The lowest BCUT2D eigenvalue weighted by Crippen LogP contribution is -2.34. The summed E-state index contributed by atoms with van der Waals surface area (Å²) in [6.07, 6.45) is 17.3. The van der Waals surface area contributed by atoms with Crippen LogP contribution in [-0.4, -0.2) is 16.6 Å². The largest absolute Gasteiger partial charge is 0.424 e. The molecule has 216 valence electrons. The summed E-state index contributed by atoms with van der Waals surface area (Å²) in [4.78, 5) is 17.3. The Balaban J connectivity index is 1.58. The van der Waals surface area contributed by atoms with Crippen molar-refractivity contribution in [1.82, 2.24) is 4.98 Å². The number of nitrogens with zero attached hydrogens (tertiary/aromatic N) is 1. The van der Waals surface area contributed by atoms with Crippen molar-refractivity contribution in [1.29, 1.82) is 0 Å². The number of hydrogen-bond acceptors (Lipinski definition) is 3.